The minimum Gasteiger partial charge on any atom is -0.486 e. The van der Waals surface area contributed by atoms with Crippen molar-refractivity contribution in [2.24, 2.45) is 0 Å². The number of hydrogen-bond acceptors (Lipinski definition) is 3. The number of ether oxygens (including phenoxy) is 1. The van der Waals surface area contributed by atoms with Crippen LogP contribution in [0.3, 0.4) is 0 Å². The van der Waals surface area contributed by atoms with Crippen molar-refractivity contribution in [3.63, 3.8) is 0 Å². The second-order valence-corrected chi connectivity index (χ2v) is 4.19. The minimum atomic E-state index is 0.534. The van der Waals surface area contributed by atoms with E-state index < -0.39 is 0 Å². The maximum absolute atomic E-state index is 5.80. The van der Waals surface area contributed by atoms with Crippen LogP contribution in [0.4, 0.5) is 0 Å². The predicted molar refractivity (Wildman–Crippen MR) is 69.4 cm³/mol. The van der Waals surface area contributed by atoms with Crippen LogP contribution in [0.1, 0.15) is 11.1 Å². The molecule has 3 aromatic rings. The molecule has 0 atom stereocenters. The molecule has 0 radical (unpaired) electrons. The van der Waals surface area contributed by atoms with Crippen molar-refractivity contribution in [1.82, 2.24) is 15.4 Å². The lowest BCUT2D eigenvalue weighted by atomic mass is 10.2. The topological polar surface area (TPSA) is 50.8 Å². The molecule has 0 fully saturated rings. The van der Waals surface area contributed by atoms with Crippen molar-refractivity contribution in [1.29, 1.82) is 0 Å². The lowest BCUT2D eigenvalue weighted by Gasteiger charge is -2.07. The Kier molecular flexibility index (Phi) is 2.68. The van der Waals surface area contributed by atoms with E-state index in [1.54, 1.807) is 0 Å². The lowest BCUT2D eigenvalue weighted by molar-refractivity contribution is 0.309. The summed E-state index contributed by atoms with van der Waals surface area (Å²) in [4.78, 5) is 0. The van der Waals surface area contributed by atoms with E-state index in [1.807, 2.05) is 49.4 Å². The van der Waals surface area contributed by atoms with E-state index in [4.69, 9.17) is 4.74 Å². The van der Waals surface area contributed by atoms with Crippen LogP contribution in [-0.4, -0.2) is 15.4 Å². The van der Waals surface area contributed by atoms with Gasteiger partial charge in [-0.15, -0.1) is 5.10 Å². The fourth-order valence-electron chi connectivity index (χ4n) is 1.89. The fourth-order valence-corrected chi connectivity index (χ4v) is 1.89. The van der Waals surface area contributed by atoms with Crippen molar-refractivity contribution in [2.75, 3.05) is 0 Å². The Morgan fingerprint density at radius 1 is 1.11 bits per heavy atom. The van der Waals surface area contributed by atoms with Gasteiger partial charge in [-0.25, -0.2) is 0 Å². The molecular weight excluding hydrogens is 226 g/mol. The largest absolute Gasteiger partial charge is 0.486 e. The van der Waals surface area contributed by atoms with E-state index in [0.29, 0.717) is 6.61 Å². The molecule has 0 bridgehead atoms. The number of rotatable bonds is 3. The minimum absolute atomic E-state index is 0.534. The van der Waals surface area contributed by atoms with Crippen molar-refractivity contribution < 1.29 is 4.74 Å². The highest BCUT2D eigenvalue weighted by Crippen LogP contribution is 2.25. The normalized spacial score (nSPS) is 10.7. The van der Waals surface area contributed by atoms with Gasteiger partial charge in [-0.05, 0) is 24.1 Å². The monoisotopic (exact) mass is 239 g/mol. The molecule has 0 spiro atoms. The maximum atomic E-state index is 5.80. The number of aromatic nitrogens is 3. The highest BCUT2D eigenvalue weighted by atomic mass is 16.5. The number of nitrogens with zero attached hydrogens (tertiary/aromatic N) is 2. The second-order valence-electron chi connectivity index (χ2n) is 4.19. The van der Waals surface area contributed by atoms with Gasteiger partial charge in [0.25, 0.3) is 0 Å². The Morgan fingerprint density at radius 2 is 1.94 bits per heavy atom. The van der Waals surface area contributed by atoms with Crippen molar-refractivity contribution in [3.8, 4) is 5.75 Å². The summed E-state index contributed by atoms with van der Waals surface area (Å²) in [6, 6.07) is 14.0. The molecule has 18 heavy (non-hydrogen) atoms. The van der Waals surface area contributed by atoms with Crippen LogP contribution in [0.15, 0.2) is 42.5 Å². The number of nitrogens with one attached hydrogen (secondary N) is 1. The molecule has 2 aromatic carbocycles. The summed E-state index contributed by atoms with van der Waals surface area (Å²) in [6.07, 6.45) is 0. The number of benzene rings is 2. The molecule has 0 aliphatic carbocycles. The molecule has 0 aliphatic heterocycles. The molecule has 3 rings (SSSR count). The van der Waals surface area contributed by atoms with Gasteiger partial charge in [-0.3, -0.25) is 5.10 Å². The average molecular weight is 239 g/mol. The Balaban J connectivity index is 1.87. The number of aryl methyl sites for hydroxylation is 1. The smallest absolute Gasteiger partial charge is 0.155 e. The van der Waals surface area contributed by atoms with Crippen molar-refractivity contribution in [2.45, 2.75) is 13.5 Å². The van der Waals surface area contributed by atoms with E-state index in [0.717, 1.165) is 27.9 Å². The Bertz CT molecular complexity index is 661. The standard InChI is InChI=1S/C14H13N3O/c1-10-7-8-12(14-13(10)15-17-16-14)18-9-11-5-3-2-4-6-11/h2-8H,9H2,1H3,(H,15,16,17). The van der Waals surface area contributed by atoms with Gasteiger partial charge >= 0.3 is 0 Å². The van der Waals surface area contributed by atoms with Crippen LogP contribution in [0.25, 0.3) is 11.0 Å². The zero-order valence-electron chi connectivity index (χ0n) is 10.1. The maximum Gasteiger partial charge on any atom is 0.155 e. The SMILES string of the molecule is Cc1ccc(OCc2ccccc2)c2nn[nH]c12. The molecule has 4 heteroatoms. The van der Waals surface area contributed by atoms with Gasteiger partial charge < -0.3 is 4.74 Å². The zero-order chi connectivity index (χ0) is 12.4. The van der Waals surface area contributed by atoms with Crippen LogP contribution >= 0.6 is 0 Å². The van der Waals surface area contributed by atoms with Crippen LogP contribution in [0.2, 0.25) is 0 Å². The molecule has 0 saturated heterocycles. The summed E-state index contributed by atoms with van der Waals surface area (Å²) in [6.45, 7) is 2.55. The van der Waals surface area contributed by atoms with Crippen LogP contribution in [0, 0.1) is 6.92 Å². The number of hydrogen-bond donors (Lipinski definition) is 1. The third-order valence-corrected chi connectivity index (χ3v) is 2.90. The lowest BCUT2D eigenvalue weighted by Crippen LogP contribution is -1.96. The molecule has 0 aliphatic rings. The van der Waals surface area contributed by atoms with Gasteiger partial charge in [0, 0.05) is 0 Å². The molecule has 0 unspecified atom stereocenters. The van der Waals surface area contributed by atoms with E-state index in [9.17, 15) is 0 Å². The van der Waals surface area contributed by atoms with E-state index in [-0.39, 0.29) is 0 Å². The molecular formula is C14H13N3O. The van der Waals surface area contributed by atoms with E-state index >= 15 is 0 Å². The summed E-state index contributed by atoms with van der Waals surface area (Å²) in [5.74, 6) is 0.758. The quantitative estimate of drug-likeness (QED) is 0.764. The molecule has 0 amide bonds. The first kappa shape index (κ1) is 10.8. The Labute approximate surface area is 105 Å². The number of aromatic amines is 1. The van der Waals surface area contributed by atoms with Gasteiger partial charge in [-0.2, -0.15) is 0 Å². The summed E-state index contributed by atoms with van der Waals surface area (Å²) >= 11 is 0. The summed E-state index contributed by atoms with van der Waals surface area (Å²) < 4.78 is 5.80. The van der Waals surface area contributed by atoms with Crippen molar-refractivity contribution in [3.05, 3.63) is 53.6 Å². The van der Waals surface area contributed by atoms with E-state index in [2.05, 4.69) is 15.4 Å². The third-order valence-electron chi connectivity index (χ3n) is 2.90. The predicted octanol–water partition coefficient (Wildman–Crippen LogP) is 2.85. The van der Waals surface area contributed by atoms with Gasteiger partial charge in [-0.1, -0.05) is 41.6 Å². The first-order valence-corrected chi connectivity index (χ1v) is 5.81. The van der Waals surface area contributed by atoms with Crippen LogP contribution in [-0.2, 0) is 6.61 Å². The number of fused-ring (bicyclic) bond motifs is 1. The molecule has 4 nitrogen and oxygen atoms in total. The first-order chi connectivity index (χ1) is 8.84. The summed E-state index contributed by atoms with van der Waals surface area (Å²) in [5, 5.41) is 10.8. The van der Waals surface area contributed by atoms with Crippen molar-refractivity contribution >= 4 is 11.0 Å². The first-order valence-electron chi connectivity index (χ1n) is 5.81. The molecule has 1 heterocycles. The van der Waals surface area contributed by atoms with Gasteiger partial charge in [0.1, 0.15) is 12.4 Å². The highest BCUT2D eigenvalue weighted by Gasteiger charge is 2.08. The summed E-state index contributed by atoms with van der Waals surface area (Å²) in [7, 11) is 0. The molecule has 90 valence electrons. The Morgan fingerprint density at radius 3 is 2.78 bits per heavy atom. The third kappa shape index (κ3) is 1.93. The molecule has 0 saturated carbocycles. The van der Waals surface area contributed by atoms with Crippen LogP contribution in [0.5, 0.6) is 5.75 Å². The van der Waals surface area contributed by atoms with Gasteiger partial charge in [0.15, 0.2) is 5.52 Å². The van der Waals surface area contributed by atoms with Gasteiger partial charge in [0.2, 0.25) is 0 Å². The fraction of sp³-hybridized carbons (Fsp3) is 0.143. The summed E-state index contributed by atoms with van der Waals surface area (Å²) in [5.41, 5.74) is 3.96. The molecule has 1 aromatic heterocycles. The second kappa shape index (κ2) is 4.49. The average Bonchev–Trinajstić information content (AvgIpc) is 2.90. The van der Waals surface area contributed by atoms with Crippen LogP contribution < -0.4 is 4.74 Å². The number of H-pyrrole nitrogens is 1. The van der Waals surface area contributed by atoms with Gasteiger partial charge in [0.05, 0.1) is 5.52 Å². The van der Waals surface area contributed by atoms with E-state index in [1.165, 1.54) is 0 Å². The Hall–Kier alpha value is -2.36. The highest BCUT2D eigenvalue weighted by molar-refractivity contribution is 5.83. The molecule has 1 N–H and O–H groups in total. The zero-order valence-corrected chi connectivity index (χ0v) is 10.1.